The van der Waals surface area contributed by atoms with Gasteiger partial charge >= 0.3 is 5.97 Å². The zero-order valence-corrected chi connectivity index (χ0v) is 14.7. The molecule has 0 saturated heterocycles. The first-order valence-electron chi connectivity index (χ1n) is 8.66. The van der Waals surface area contributed by atoms with E-state index in [1.165, 1.54) is 5.56 Å². The van der Waals surface area contributed by atoms with Crippen molar-refractivity contribution in [1.29, 1.82) is 0 Å². The normalized spacial score (nSPS) is 13.1. The van der Waals surface area contributed by atoms with Gasteiger partial charge in [-0.05, 0) is 53.8 Å². The predicted molar refractivity (Wildman–Crippen MR) is 103 cm³/mol. The number of rotatable bonds is 6. The molecular formula is C23H22O3. The molecule has 26 heavy (non-hydrogen) atoms. The fourth-order valence-corrected chi connectivity index (χ4v) is 3.30. The van der Waals surface area contributed by atoms with E-state index in [0.29, 0.717) is 0 Å². The lowest BCUT2D eigenvalue weighted by Crippen LogP contribution is -2.24. The molecule has 0 radical (unpaired) electrons. The third-order valence-corrected chi connectivity index (χ3v) is 5.03. The maximum Gasteiger partial charge on any atom is 0.335 e. The highest BCUT2D eigenvalue weighted by molar-refractivity contribution is 5.87. The van der Waals surface area contributed by atoms with Crippen molar-refractivity contribution in [1.82, 2.24) is 0 Å². The Hall–Kier alpha value is -3.07. The highest BCUT2D eigenvalue weighted by Crippen LogP contribution is 2.37. The van der Waals surface area contributed by atoms with Crippen molar-refractivity contribution >= 4 is 5.97 Å². The van der Waals surface area contributed by atoms with Gasteiger partial charge in [0.25, 0.3) is 0 Å². The Morgan fingerprint density at radius 2 is 1.38 bits per heavy atom. The molecule has 0 bridgehead atoms. The van der Waals surface area contributed by atoms with Gasteiger partial charge in [0.2, 0.25) is 0 Å². The minimum Gasteiger partial charge on any atom is -0.508 e. The van der Waals surface area contributed by atoms with Crippen LogP contribution in [0.4, 0.5) is 0 Å². The van der Waals surface area contributed by atoms with E-state index in [1.54, 1.807) is 24.3 Å². The van der Waals surface area contributed by atoms with Gasteiger partial charge in [-0.3, -0.25) is 0 Å². The molecule has 0 fully saturated rings. The molecule has 0 heterocycles. The Labute approximate surface area is 153 Å². The number of aromatic carboxylic acids is 1. The number of benzene rings is 3. The molecule has 3 nitrogen and oxygen atoms in total. The molecule has 0 spiro atoms. The molecule has 0 aliphatic heterocycles. The van der Waals surface area contributed by atoms with Gasteiger partial charge < -0.3 is 10.2 Å². The summed E-state index contributed by atoms with van der Waals surface area (Å²) in [6, 6.07) is 24.7. The number of hydrogen-bond acceptors (Lipinski definition) is 2. The zero-order valence-electron chi connectivity index (χ0n) is 14.7. The molecule has 132 valence electrons. The number of carboxylic acid groups (broad SMARTS) is 1. The second kappa shape index (κ2) is 7.44. The van der Waals surface area contributed by atoms with Crippen LogP contribution >= 0.6 is 0 Å². The van der Waals surface area contributed by atoms with Gasteiger partial charge in [-0.25, -0.2) is 4.79 Å². The second-order valence-corrected chi connectivity index (χ2v) is 6.75. The molecule has 2 N–H and O–H groups in total. The first-order valence-corrected chi connectivity index (χ1v) is 8.66. The molecule has 0 aliphatic carbocycles. The van der Waals surface area contributed by atoms with Crippen LogP contribution in [0.15, 0.2) is 78.9 Å². The highest BCUT2D eigenvalue weighted by atomic mass is 16.4. The van der Waals surface area contributed by atoms with Gasteiger partial charge in [-0.15, -0.1) is 0 Å². The number of carbonyl (C=O) groups is 1. The van der Waals surface area contributed by atoms with Gasteiger partial charge in [0.15, 0.2) is 0 Å². The fourth-order valence-electron chi connectivity index (χ4n) is 3.30. The smallest absolute Gasteiger partial charge is 0.335 e. The van der Waals surface area contributed by atoms with E-state index in [-0.39, 0.29) is 16.7 Å². The van der Waals surface area contributed by atoms with Crippen molar-refractivity contribution in [3.05, 3.63) is 101 Å². The van der Waals surface area contributed by atoms with E-state index in [9.17, 15) is 9.90 Å². The van der Waals surface area contributed by atoms with E-state index in [2.05, 4.69) is 19.1 Å². The molecule has 0 saturated carbocycles. The summed E-state index contributed by atoms with van der Waals surface area (Å²) in [4.78, 5) is 11.2. The van der Waals surface area contributed by atoms with E-state index < -0.39 is 5.97 Å². The molecule has 0 amide bonds. The Kier molecular flexibility index (Phi) is 5.08. The lowest BCUT2D eigenvalue weighted by atomic mass is 9.72. The molecule has 3 rings (SSSR count). The molecular weight excluding hydrogens is 324 g/mol. The largest absolute Gasteiger partial charge is 0.508 e. The summed E-state index contributed by atoms with van der Waals surface area (Å²) in [5.41, 5.74) is 3.41. The van der Waals surface area contributed by atoms with Gasteiger partial charge in [0.05, 0.1) is 5.56 Å². The summed E-state index contributed by atoms with van der Waals surface area (Å²) in [6.07, 6.45) is 1.77. The van der Waals surface area contributed by atoms with Gasteiger partial charge in [0, 0.05) is 5.41 Å². The van der Waals surface area contributed by atoms with Crippen molar-refractivity contribution < 1.29 is 15.0 Å². The van der Waals surface area contributed by atoms with Crippen LogP contribution in [0.5, 0.6) is 5.75 Å². The third kappa shape index (κ3) is 3.77. The number of phenolic OH excluding ortho intramolecular Hbond substituents is 1. The first-order chi connectivity index (χ1) is 12.5. The zero-order chi connectivity index (χ0) is 18.6. The van der Waals surface area contributed by atoms with E-state index in [0.717, 1.165) is 24.0 Å². The lowest BCUT2D eigenvalue weighted by Gasteiger charge is -2.31. The van der Waals surface area contributed by atoms with Crippen LogP contribution < -0.4 is 0 Å². The van der Waals surface area contributed by atoms with Crippen molar-refractivity contribution in [2.45, 2.75) is 25.2 Å². The standard InChI is InChI=1S/C23H22O3/c1-23(20-11-13-21(24)14-12-20,16-15-17-5-3-2-4-6-17)19-9-7-18(8-10-19)22(25)26/h2-14,24H,15-16H2,1H3,(H,25,26). The van der Waals surface area contributed by atoms with Crippen LogP contribution in [-0.4, -0.2) is 16.2 Å². The van der Waals surface area contributed by atoms with E-state index in [1.807, 2.05) is 42.5 Å². The number of hydrogen-bond donors (Lipinski definition) is 2. The first kappa shape index (κ1) is 17.7. The second-order valence-electron chi connectivity index (χ2n) is 6.75. The van der Waals surface area contributed by atoms with Crippen LogP contribution in [0.25, 0.3) is 0 Å². The molecule has 0 aromatic heterocycles. The monoisotopic (exact) mass is 346 g/mol. The van der Waals surface area contributed by atoms with E-state index in [4.69, 9.17) is 5.11 Å². The summed E-state index contributed by atoms with van der Waals surface area (Å²) >= 11 is 0. The molecule has 3 aromatic carbocycles. The maximum absolute atomic E-state index is 11.2. The SMILES string of the molecule is CC(CCc1ccccc1)(c1ccc(O)cc1)c1ccc(C(=O)O)cc1. The topological polar surface area (TPSA) is 57.5 Å². The summed E-state index contributed by atoms with van der Waals surface area (Å²) in [7, 11) is 0. The predicted octanol–water partition coefficient (Wildman–Crippen LogP) is 5.03. The number of aryl methyl sites for hydroxylation is 1. The van der Waals surface area contributed by atoms with Crippen molar-refractivity contribution in [2.24, 2.45) is 0 Å². The van der Waals surface area contributed by atoms with Crippen LogP contribution in [0.1, 0.15) is 40.4 Å². The number of aromatic hydroxyl groups is 1. The lowest BCUT2D eigenvalue weighted by molar-refractivity contribution is 0.0697. The molecule has 3 aromatic rings. The highest BCUT2D eigenvalue weighted by Gasteiger charge is 2.29. The minimum absolute atomic E-state index is 0.236. The van der Waals surface area contributed by atoms with Gasteiger partial charge in [-0.2, -0.15) is 0 Å². The average Bonchev–Trinajstić information content (AvgIpc) is 2.67. The van der Waals surface area contributed by atoms with E-state index >= 15 is 0 Å². The quantitative estimate of drug-likeness (QED) is 0.658. The van der Waals surface area contributed by atoms with Crippen molar-refractivity contribution in [2.75, 3.05) is 0 Å². The van der Waals surface area contributed by atoms with Crippen LogP contribution in [0.3, 0.4) is 0 Å². The Morgan fingerprint density at radius 3 is 1.92 bits per heavy atom. The number of carboxylic acids is 1. The summed E-state index contributed by atoms with van der Waals surface area (Å²) in [6.45, 7) is 2.16. The van der Waals surface area contributed by atoms with Crippen LogP contribution in [0.2, 0.25) is 0 Å². The maximum atomic E-state index is 11.2. The molecule has 3 heteroatoms. The summed E-state index contributed by atoms with van der Waals surface area (Å²) in [5.74, 6) is -0.687. The Morgan fingerprint density at radius 1 is 0.846 bits per heavy atom. The van der Waals surface area contributed by atoms with Crippen LogP contribution in [0, 0.1) is 0 Å². The minimum atomic E-state index is -0.924. The molecule has 1 atom stereocenters. The van der Waals surface area contributed by atoms with Crippen molar-refractivity contribution in [3.63, 3.8) is 0 Å². The van der Waals surface area contributed by atoms with Gasteiger partial charge in [-0.1, -0.05) is 61.5 Å². The average molecular weight is 346 g/mol. The summed E-state index contributed by atoms with van der Waals surface area (Å²) < 4.78 is 0. The van der Waals surface area contributed by atoms with Crippen molar-refractivity contribution in [3.8, 4) is 5.75 Å². The molecule has 0 aliphatic rings. The number of phenols is 1. The fraction of sp³-hybridized carbons (Fsp3) is 0.174. The summed E-state index contributed by atoms with van der Waals surface area (Å²) in [5, 5.41) is 18.8. The molecule has 1 unspecified atom stereocenters. The Bertz CT molecular complexity index is 868. The third-order valence-electron chi connectivity index (χ3n) is 5.03. The Balaban J connectivity index is 1.97. The van der Waals surface area contributed by atoms with Gasteiger partial charge in [0.1, 0.15) is 5.75 Å². The van der Waals surface area contributed by atoms with Crippen LogP contribution in [-0.2, 0) is 11.8 Å².